The van der Waals surface area contributed by atoms with Crippen LogP contribution in [-0.2, 0) is 13.0 Å². The third-order valence-corrected chi connectivity index (χ3v) is 4.81. The zero-order chi connectivity index (χ0) is 14.1. The summed E-state index contributed by atoms with van der Waals surface area (Å²) in [6, 6.07) is 3.82. The minimum Gasteiger partial charge on any atom is -0.328 e. The molecular weight excluding hydrogens is 293 g/mol. The van der Waals surface area contributed by atoms with Crippen molar-refractivity contribution in [3.8, 4) is 0 Å². The molecule has 1 N–H and O–H groups in total. The molecule has 1 aliphatic heterocycles. The number of halogens is 2. The molecule has 0 saturated carbocycles. The third kappa shape index (κ3) is 2.67. The van der Waals surface area contributed by atoms with Gasteiger partial charge in [-0.2, -0.15) is 0 Å². The predicted octanol–water partition coefficient (Wildman–Crippen LogP) is 3.91. The number of hydrogen-bond donors (Lipinski definition) is 1. The molecule has 3 rings (SSSR count). The van der Waals surface area contributed by atoms with E-state index in [1.165, 1.54) is 12.8 Å². The van der Waals surface area contributed by atoms with Gasteiger partial charge in [-0.1, -0.05) is 30.1 Å². The molecule has 5 heteroatoms. The molecule has 0 unspecified atom stereocenters. The van der Waals surface area contributed by atoms with E-state index >= 15 is 0 Å². The number of piperidine rings is 1. The van der Waals surface area contributed by atoms with Gasteiger partial charge in [0.1, 0.15) is 5.82 Å². The van der Waals surface area contributed by atoms with Gasteiger partial charge in [0.25, 0.3) is 0 Å². The van der Waals surface area contributed by atoms with Crippen LogP contribution in [0.4, 0.5) is 0 Å². The molecule has 0 aliphatic carbocycles. The van der Waals surface area contributed by atoms with Crippen LogP contribution in [0.1, 0.15) is 25.6 Å². The quantitative estimate of drug-likeness (QED) is 0.931. The summed E-state index contributed by atoms with van der Waals surface area (Å²) in [6.45, 7) is 5.40. The smallest absolute Gasteiger partial charge is 0.109 e. The zero-order valence-corrected chi connectivity index (χ0v) is 13.1. The predicted molar refractivity (Wildman–Crippen MR) is 84.7 cm³/mol. The van der Waals surface area contributed by atoms with Gasteiger partial charge < -0.3 is 9.88 Å². The van der Waals surface area contributed by atoms with Gasteiger partial charge in [0.15, 0.2) is 0 Å². The Labute approximate surface area is 129 Å². The molecule has 2 heterocycles. The standard InChI is InChI=1S/C15H19Cl2N3/c1-2-15-19-13-7-11(16)12(17)8-14(13)20(15)9-10-3-5-18-6-4-10/h7-8,10,18H,2-6,9H2,1H3. The highest BCUT2D eigenvalue weighted by molar-refractivity contribution is 6.42. The van der Waals surface area contributed by atoms with E-state index in [0.717, 1.165) is 42.9 Å². The van der Waals surface area contributed by atoms with Crippen molar-refractivity contribution in [3.63, 3.8) is 0 Å². The summed E-state index contributed by atoms with van der Waals surface area (Å²) in [4.78, 5) is 4.70. The van der Waals surface area contributed by atoms with E-state index in [4.69, 9.17) is 28.2 Å². The maximum atomic E-state index is 6.17. The van der Waals surface area contributed by atoms with E-state index in [1.54, 1.807) is 0 Å². The number of aryl methyl sites for hydroxylation is 1. The Hall–Kier alpha value is -0.770. The molecule has 1 fully saturated rings. The zero-order valence-electron chi connectivity index (χ0n) is 11.6. The van der Waals surface area contributed by atoms with Gasteiger partial charge in [0.05, 0.1) is 21.1 Å². The maximum Gasteiger partial charge on any atom is 0.109 e. The SMILES string of the molecule is CCc1nc2cc(Cl)c(Cl)cc2n1CC1CCNCC1. The number of nitrogens with zero attached hydrogens (tertiary/aromatic N) is 2. The topological polar surface area (TPSA) is 29.9 Å². The maximum absolute atomic E-state index is 6.17. The Bertz CT molecular complexity index is 615. The molecule has 0 radical (unpaired) electrons. The first-order valence-electron chi connectivity index (χ1n) is 7.24. The molecule has 3 nitrogen and oxygen atoms in total. The van der Waals surface area contributed by atoms with Crippen LogP contribution < -0.4 is 5.32 Å². The van der Waals surface area contributed by atoms with Crippen molar-refractivity contribution in [2.75, 3.05) is 13.1 Å². The van der Waals surface area contributed by atoms with Gasteiger partial charge in [-0.05, 0) is 44.0 Å². The Balaban J connectivity index is 2.00. The Morgan fingerprint density at radius 1 is 1.25 bits per heavy atom. The molecule has 108 valence electrons. The summed E-state index contributed by atoms with van der Waals surface area (Å²) in [5, 5.41) is 4.60. The summed E-state index contributed by atoms with van der Waals surface area (Å²) < 4.78 is 2.33. The van der Waals surface area contributed by atoms with E-state index in [-0.39, 0.29) is 0 Å². The molecule has 0 atom stereocenters. The normalized spacial score (nSPS) is 16.9. The third-order valence-electron chi connectivity index (χ3n) is 4.09. The van der Waals surface area contributed by atoms with E-state index in [1.807, 2.05) is 12.1 Å². The molecule has 1 aromatic heterocycles. The minimum atomic E-state index is 0.577. The second kappa shape index (κ2) is 5.92. The summed E-state index contributed by atoms with van der Waals surface area (Å²) in [5.74, 6) is 1.84. The van der Waals surface area contributed by atoms with Gasteiger partial charge in [-0.3, -0.25) is 0 Å². The monoisotopic (exact) mass is 311 g/mol. The molecule has 1 aliphatic rings. The Morgan fingerprint density at radius 3 is 2.65 bits per heavy atom. The Kier molecular flexibility index (Phi) is 4.20. The van der Waals surface area contributed by atoms with Gasteiger partial charge in [0, 0.05) is 13.0 Å². The first-order valence-corrected chi connectivity index (χ1v) is 7.99. The number of rotatable bonds is 3. The van der Waals surface area contributed by atoms with Crippen molar-refractivity contribution in [2.24, 2.45) is 5.92 Å². The Morgan fingerprint density at radius 2 is 1.95 bits per heavy atom. The molecule has 2 aromatic rings. The average molecular weight is 312 g/mol. The van der Waals surface area contributed by atoms with Crippen LogP contribution in [0.3, 0.4) is 0 Å². The molecule has 0 spiro atoms. The van der Waals surface area contributed by atoms with Crippen molar-refractivity contribution in [1.82, 2.24) is 14.9 Å². The van der Waals surface area contributed by atoms with Crippen LogP contribution in [0.25, 0.3) is 11.0 Å². The van der Waals surface area contributed by atoms with Gasteiger partial charge in [0.2, 0.25) is 0 Å². The van der Waals surface area contributed by atoms with Crippen LogP contribution in [0, 0.1) is 5.92 Å². The second-order valence-electron chi connectivity index (χ2n) is 5.44. The van der Waals surface area contributed by atoms with Gasteiger partial charge in [-0.15, -0.1) is 0 Å². The van der Waals surface area contributed by atoms with Crippen molar-refractivity contribution >= 4 is 34.2 Å². The molecular formula is C15H19Cl2N3. The number of hydrogen-bond acceptors (Lipinski definition) is 2. The highest BCUT2D eigenvalue weighted by Crippen LogP contribution is 2.29. The first kappa shape index (κ1) is 14.2. The fourth-order valence-electron chi connectivity index (χ4n) is 2.97. The van der Waals surface area contributed by atoms with Crippen LogP contribution in [0.2, 0.25) is 10.0 Å². The fraction of sp³-hybridized carbons (Fsp3) is 0.533. The largest absolute Gasteiger partial charge is 0.328 e. The second-order valence-corrected chi connectivity index (χ2v) is 6.25. The number of nitrogens with one attached hydrogen (secondary N) is 1. The van der Waals surface area contributed by atoms with E-state index in [0.29, 0.717) is 16.0 Å². The first-order chi connectivity index (χ1) is 9.69. The van der Waals surface area contributed by atoms with E-state index in [9.17, 15) is 0 Å². The van der Waals surface area contributed by atoms with Crippen LogP contribution in [0.5, 0.6) is 0 Å². The van der Waals surface area contributed by atoms with Crippen molar-refractivity contribution in [1.29, 1.82) is 0 Å². The number of aromatic nitrogens is 2. The molecule has 1 saturated heterocycles. The average Bonchev–Trinajstić information content (AvgIpc) is 2.78. The number of fused-ring (bicyclic) bond motifs is 1. The lowest BCUT2D eigenvalue weighted by molar-refractivity contribution is 0.333. The molecule has 20 heavy (non-hydrogen) atoms. The fourth-order valence-corrected chi connectivity index (χ4v) is 3.28. The highest BCUT2D eigenvalue weighted by atomic mass is 35.5. The van der Waals surface area contributed by atoms with Crippen LogP contribution >= 0.6 is 23.2 Å². The lowest BCUT2D eigenvalue weighted by Crippen LogP contribution is -2.30. The summed E-state index contributed by atoms with van der Waals surface area (Å²) in [7, 11) is 0. The van der Waals surface area contributed by atoms with E-state index < -0.39 is 0 Å². The number of benzene rings is 1. The number of imidazole rings is 1. The molecule has 0 bridgehead atoms. The van der Waals surface area contributed by atoms with Crippen LogP contribution in [-0.4, -0.2) is 22.6 Å². The van der Waals surface area contributed by atoms with Crippen LogP contribution in [0.15, 0.2) is 12.1 Å². The van der Waals surface area contributed by atoms with Crippen molar-refractivity contribution in [3.05, 3.63) is 28.0 Å². The lowest BCUT2D eigenvalue weighted by Gasteiger charge is -2.24. The summed E-state index contributed by atoms with van der Waals surface area (Å²) >= 11 is 12.3. The molecule has 1 aromatic carbocycles. The molecule has 0 amide bonds. The van der Waals surface area contributed by atoms with Gasteiger partial charge in [-0.25, -0.2) is 4.98 Å². The minimum absolute atomic E-state index is 0.577. The summed E-state index contributed by atoms with van der Waals surface area (Å²) in [6.07, 6.45) is 3.38. The van der Waals surface area contributed by atoms with E-state index in [2.05, 4.69) is 16.8 Å². The summed E-state index contributed by atoms with van der Waals surface area (Å²) in [5.41, 5.74) is 2.06. The highest BCUT2D eigenvalue weighted by Gasteiger charge is 2.18. The van der Waals surface area contributed by atoms with Crippen molar-refractivity contribution < 1.29 is 0 Å². The van der Waals surface area contributed by atoms with Gasteiger partial charge >= 0.3 is 0 Å². The lowest BCUT2D eigenvalue weighted by atomic mass is 9.98. The van der Waals surface area contributed by atoms with Crippen molar-refractivity contribution in [2.45, 2.75) is 32.7 Å².